The van der Waals surface area contributed by atoms with E-state index >= 15 is 0 Å². The Kier molecular flexibility index (Phi) is 4.81. The zero-order chi connectivity index (χ0) is 15.6. The van der Waals surface area contributed by atoms with Gasteiger partial charge < -0.3 is 9.29 Å². The van der Waals surface area contributed by atoms with Crippen LogP contribution in [-0.4, -0.2) is 25.0 Å². The Balaban J connectivity index is 3.04. The average Bonchev–Trinajstić information content (AvgIpc) is 2.28. The second-order valence-electron chi connectivity index (χ2n) is 3.34. The van der Waals surface area contributed by atoms with E-state index in [9.17, 15) is 26.4 Å². The normalized spacial score (nSPS) is 12.6. The number of carboxylic acid groups (broad SMARTS) is 1. The Hall–Kier alpha value is -1.55. The molecule has 20 heavy (non-hydrogen) atoms. The molecule has 0 amide bonds. The topological polar surface area (TPSA) is 80.7 Å². The van der Waals surface area contributed by atoms with Gasteiger partial charge in [-0.3, -0.25) is 0 Å². The number of carbonyl (C=O) groups is 1. The minimum absolute atomic E-state index is 0.0714. The van der Waals surface area contributed by atoms with Gasteiger partial charge in [-0.15, -0.1) is 0 Å². The molecule has 0 heterocycles. The van der Waals surface area contributed by atoms with Crippen molar-refractivity contribution in [2.45, 2.75) is 5.51 Å². The van der Waals surface area contributed by atoms with E-state index in [0.29, 0.717) is 5.56 Å². The van der Waals surface area contributed by atoms with Crippen LogP contribution in [0.15, 0.2) is 28.7 Å². The van der Waals surface area contributed by atoms with E-state index < -0.39 is 27.3 Å². The Morgan fingerprint density at radius 3 is 2.40 bits per heavy atom. The fraction of sp³-hybridized carbons (Fsp3) is 0.100. The molecule has 1 aromatic carbocycles. The van der Waals surface area contributed by atoms with Crippen LogP contribution in [-0.2, 0) is 14.9 Å². The van der Waals surface area contributed by atoms with Crippen molar-refractivity contribution in [2.24, 2.45) is 0 Å². The number of aliphatic carboxylic acids is 1. The van der Waals surface area contributed by atoms with E-state index in [-0.39, 0.29) is 4.47 Å². The smallest absolute Gasteiger partial charge is 0.478 e. The monoisotopic (exact) mass is 374 g/mol. The SMILES string of the molecule is O=C(O)/C=C/c1ccc(OS(=O)(=O)C(F)(F)F)c(Br)c1. The van der Waals surface area contributed by atoms with Gasteiger partial charge >= 0.3 is 21.6 Å². The van der Waals surface area contributed by atoms with Crippen molar-refractivity contribution in [1.82, 2.24) is 0 Å². The van der Waals surface area contributed by atoms with Gasteiger partial charge in [0.2, 0.25) is 0 Å². The zero-order valence-corrected chi connectivity index (χ0v) is 11.8. The number of rotatable bonds is 4. The maximum atomic E-state index is 12.1. The number of carboxylic acids is 1. The van der Waals surface area contributed by atoms with E-state index in [4.69, 9.17) is 5.11 Å². The van der Waals surface area contributed by atoms with Crippen LogP contribution in [0.25, 0.3) is 6.08 Å². The number of benzene rings is 1. The lowest BCUT2D eigenvalue weighted by atomic mass is 10.2. The first-order valence-electron chi connectivity index (χ1n) is 4.74. The molecule has 0 spiro atoms. The second-order valence-corrected chi connectivity index (χ2v) is 5.74. The van der Waals surface area contributed by atoms with Crippen molar-refractivity contribution < 1.29 is 35.7 Å². The summed E-state index contributed by atoms with van der Waals surface area (Å²) in [5, 5.41) is 8.41. The zero-order valence-electron chi connectivity index (χ0n) is 9.39. The Bertz CT molecular complexity index is 651. The molecule has 0 saturated carbocycles. The van der Waals surface area contributed by atoms with Crippen LogP contribution in [0.2, 0.25) is 0 Å². The summed E-state index contributed by atoms with van der Waals surface area (Å²) in [6.45, 7) is 0. The van der Waals surface area contributed by atoms with Crippen LogP contribution in [0.5, 0.6) is 5.75 Å². The molecular weight excluding hydrogens is 369 g/mol. The quantitative estimate of drug-likeness (QED) is 0.497. The van der Waals surface area contributed by atoms with Crippen molar-refractivity contribution in [3.63, 3.8) is 0 Å². The Labute approximate surface area is 119 Å². The van der Waals surface area contributed by atoms with Gasteiger partial charge in [-0.1, -0.05) is 6.07 Å². The average molecular weight is 375 g/mol. The highest BCUT2D eigenvalue weighted by atomic mass is 79.9. The summed E-state index contributed by atoms with van der Waals surface area (Å²) in [6.07, 6.45) is 1.99. The Morgan fingerprint density at radius 1 is 1.35 bits per heavy atom. The van der Waals surface area contributed by atoms with Crippen molar-refractivity contribution in [3.05, 3.63) is 34.3 Å². The summed E-state index contributed by atoms with van der Waals surface area (Å²) in [6, 6.07) is 3.38. The molecule has 1 N–H and O–H groups in total. The minimum atomic E-state index is -5.75. The third-order valence-corrected chi connectivity index (χ3v) is 3.44. The molecule has 0 unspecified atom stereocenters. The molecule has 0 atom stereocenters. The predicted octanol–water partition coefficient (Wildman–Crippen LogP) is 2.78. The Morgan fingerprint density at radius 2 is 1.95 bits per heavy atom. The first-order chi connectivity index (χ1) is 9.03. The fourth-order valence-electron chi connectivity index (χ4n) is 1.02. The maximum Gasteiger partial charge on any atom is 0.534 e. The first-order valence-corrected chi connectivity index (χ1v) is 6.94. The standard InChI is InChI=1S/C10H6BrF3O5S/c11-7-5-6(2-4-9(15)16)1-3-8(7)19-20(17,18)10(12,13)14/h1-5H,(H,15,16)/b4-2+. The molecule has 0 saturated heterocycles. The lowest BCUT2D eigenvalue weighted by Gasteiger charge is -2.10. The molecule has 0 fully saturated rings. The van der Waals surface area contributed by atoms with Gasteiger partial charge in [0.05, 0.1) is 4.47 Å². The van der Waals surface area contributed by atoms with Crippen LogP contribution in [0.4, 0.5) is 13.2 Å². The molecule has 5 nitrogen and oxygen atoms in total. The van der Waals surface area contributed by atoms with Crippen LogP contribution in [0, 0.1) is 0 Å². The third-order valence-electron chi connectivity index (χ3n) is 1.86. The largest absolute Gasteiger partial charge is 0.534 e. The maximum absolute atomic E-state index is 12.1. The highest BCUT2D eigenvalue weighted by Gasteiger charge is 2.48. The van der Waals surface area contributed by atoms with Crippen LogP contribution >= 0.6 is 15.9 Å². The third kappa shape index (κ3) is 4.23. The van der Waals surface area contributed by atoms with Crippen molar-refractivity contribution in [2.75, 3.05) is 0 Å². The summed E-state index contributed by atoms with van der Waals surface area (Å²) >= 11 is 2.84. The van der Waals surface area contributed by atoms with Gasteiger partial charge in [0.25, 0.3) is 0 Å². The van der Waals surface area contributed by atoms with E-state index in [2.05, 4.69) is 20.1 Å². The van der Waals surface area contributed by atoms with Crippen molar-refractivity contribution in [1.29, 1.82) is 0 Å². The fourth-order valence-corrected chi connectivity index (χ4v) is 2.08. The molecule has 0 aliphatic rings. The molecule has 1 rings (SSSR count). The lowest BCUT2D eigenvalue weighted by molar-refractivity contribution is -0.131. The van der Waals surface area contributed by atoms with Crippen molar-refractivity contribution >= 4 is 38.1 Å². The molecule has 1 aromatic rings. The van der Waals surface area contributed by atoms with E-state index in [0.717, 1.165) is 12.1 Å². The van der Waals surface area contributed by atoms with Crippen molar-refractivity contribution in [3.8, 4) is 5.75 Å². The number of alkyl halides is 3. The number of halogens is 4. The number of hydrogen-bond acceptors (Lipinski definition) is 4. The van der Waals surface area contributed by atoms with Gasteiger partial charge in [0.15, 0.2) is 5.75 Å². The molecule has 0 aliphatic carbocycles. The van der Waals surface area contributed by atoms with E-state index in [1.807, 2.05) is 0 Å². The summed E-state index contributed by atoms with van der Waals surface area (Å²) in [5.74, 6) is -1.77. The molecule has 0 aromatic heterocycles. The van der Waals surface area contributed by atoms with Crippen LogP contribution in [0.1, 0.15) is 5.56 Å². The van der Waals surface area contributed by atoms with Gasteiger partial charge in [-0.05, 0) is 39.7 Å². The molecular formula is C10H6BrF3O5S. The first kappa shape index (κ1) is 16.5. The van der Waals surface area contributed by atoms with Gasteiger partial charge in [0, 0.05) is 6.08 Å². The summed E-state index contributed by atoms with van der Waals surface area (Å²) in [5.41, 5.74) is -5.20. The lowest BCUT2D eigenvalue weighted by Crippen LogP contribution is -2.28. The molecule has 0 bridgehead atoms. The predicted molar refractivity (Wildman–Crippen MR) is 66.4 cm³/mol. The summed E-state index contributed by atoms with van der Waals surface area (Å²) < 4.78 is 61.9. The van der Waals surface area contributed by atoms with Crippen LogP contribution in [0.3, 0.4) is 0 Å². The summed E-state index contributed by atoms with van der Waals surface area (Å²) in [7, 11) is -5.75. The molecule has 0 aliphatic heterocycles. The molecule has 110 valence electrons. The summed E-state index contributed by atoms with van der Waals surface area (Å²) in [4.78, 5) is 10.3. The van der Waals surface area contributed by atoms with Crippen LogP contribution < -0.4 is 4.18 Å². The highest BCUT2D eigenvalue weighted by Crippen LogP contribution is 2.32. The number of hydrogen-bond donors (Lipinski definition) is 1. The highest BCUT2D eigenvalue weighted by molar-refractivity contribution is 9.10. The van der Waals surface area contributed by atoms with E-state index in [1.54, 1.807) is 0 Å². The second kappa shape index (κ2) is 5.83. The van der Waals surface area contributed by atoms with Gasteiger partial charge in [0.1, 0.15) is 0 Å². The van der Waals surface area contributed by atoms with Gasteiger partial charge in [-0.25, -0.2) is 4.79 Å². The molecule has 10 heteroatoms. The molecule has 0 radical (unpaired) electrons. The minimum Gasteiger partial charge on any atom is -0.478 e. The van der Waals surface area contributed by atoms with Gasteiger partial charge in [-0.2, -0.15) is 21.6 Å². The van der Waals surface area contributed by atoms with E-state index in [1.165, 1.54) is 18.2 Å².